The first-order valence-electron chi connectivity index (χ1n) is 20.7. The topological polar surface area (TPSA) is 8.17 Å². The van der Waals surface area contributed by atoms with Crippen molar-refractivity contribution in [2.24, 2.45) is 0 Å². The summed E-state index contributed by atoms with van der Waals surface area (Å²) >= 11 is 0. The Labute approximate surface area is 348 Å². The molecule has 0 amide bonds. The maximum atomic E-state index is 2.50. The summed E-state index contributed by atoms with van der Waals surface area (Å²) in [5.74, 6) is 0. The standard InChI is InChI=1S/C58H38N2/c1-3-15-39(16-4-1)40-27-29-42(30-28-40)46-20-8-12-24-52(46)59(51-23-11-7-19-45(51)41-17-5-2-6-18-41)55-37-33-43-32-36-50-56(38-34-44-31-35-49(55)57(43)58(44)50)60-53-25-13-9-21-47(53)48-22-10-14-26-54(48)60/h1-38H. The fraction of sp³-hybridized carbons (Fsp3) is 0. The number of nitrogens with zero attached hydrogens (tertiary/aromatic N) is 2. The Balaban J connectivity index is 1.12. The van der Waals surface area contributed by atoms with E-state index in [0.29, 0.717) is 0 Å². The average Bonchev–Trinajstić information content (AvgIpc) is 3.66. The van der Waals surface area contributed by atoms with Gasteiger partial charge in [-0.1, -0.05) is 194 Å². The summed E-state index contributed by atoms with van der Waals surface area (Å²) in [6, 6.07) is 84.3. The molecule has 280 valence electrons. The predicted octanol–water partition coefficient (Wildman–Crippen LogP) is 16.2. The van der Waals surface area contributed by atoms with Crippen LogP contribution in [0.1, 0.15) is 0 Å². The van der Waals surface area contributed by atoms with Crippen LogP contribution in [-0.4, -0.2) is 4.57 Å². The van der Waals surface area contributed by atoms with Crippen LogP contribution in [0.4, 0.5) is 17.1 Å². The highest BCUT2D eigenvalue weighted by Gasteiger charge is 2.24. The Morgan fingerprint density at radius 3 is 1.33 bits per heavy atom. The summed E-state index contributed by atoms with van der Waals surface area (Å²) < 4.78 is 2.46. The molecular formula is C58H38N2. The molecule has 0 saturated carbocycles. The molecule has 2 heteroatoms. The largest absolute Gasteiger partial charge is 0.309 e. The lowest BCUT2D eigenvalue weighted by Crippen LogP contribution is -2.13. The average molecular weight is 763 g/mol. The molecule has 60 heavy (non-hydrogen) atoms. The maximum Gasteiger partial charge on any atom is 0.0541 e. The fourth-order valence-electron chi connectivity index (χ4n) is 9.65. The van der Waals surface area contributed by atoms with Crippen molar-refractivity contribution < 1.29 is 0 Å². The van der Waals surface area contributed by atoms with Crippen molar-refractivity contribution in [2.75, 3.05) is 4.90 Å². The number of rotatable bonds is 7. The van der Waals surface area contributed by atoms with Crippen LogP contribution in [0.2, 0.25) is 0 Å². The van der Waals surface area contributed by atoms with Gasteiger partial charge in [-0.25, -0.2) is 0 Å². The second kappa shape index (κ2) is 13.9. The second-order valence-corrected chi connectivity index (χ2v) is 15.6. The zero-order chi connectivity index (χ0) is 39.6. The molecular weight excluding hydrogens is 725 g/mol. The summed E-state index contributed by atoms with van der Waals surface area (Å²) in [6.07, 6.45) is 0. The molecule has 12 aromatic rings. The summed E-state index contributed by atoms with van der Waals surface area (Å²) in [4.78, 5) is 2.50. The SMILES string of the molecule is c1ccc(-c2ccc(-c3ccccc3N(c3ccccc3-c3ccccc3)c3ccc4ccc5c(-n6c7ccccc7c7ccccc76)ccc6ccc3c4c65)cc2)cc1. The first-order valence-corrected chi connectivity index (χ1v) is 20.7. The lowest BCUT2D eigenvalue weighted by molar-refractivity contribution is 1.20. The quantitative estimate of drug-likeness (QED) is 0.147. The van der Waals surface area contributed by atoms with E-state index in [9.17, 15) is 0 Å². The summed E-state index contributed by atoms with van der Waals surface area (Å²) in [6.45, 7) is 0. The van der Waals surface area contributed by atoms with Gasteiger partial charge in [-0.3, -0.25) is 0 Å². The van der Waals surface area contributed by atoms with Crippen LogP contribution in [0.15, 0.2) is 231 Å². The van der Waals surface area contributed by atoms with Crippen LogP contribution in [-0.2, 0) is 0 Å². The zero-order valence-electron chi connectivity index (χ0n) is 32.8. The van der Waals surface area contributed by atoms with Crippen LogP contribution in [0, 0.1) is 0 Å². The third-order valence-electron chi connectivity index (χ3n) is 12.4. The van der Waals surface area contributed by atoms with Gasteiger partial charge in [-0.2, -0.15) is 0 Å². The van der Waals surface area contributed by atoms with E-state index in [0.717, 1.165) is 17.1 Å². The minimum atomic E-state index is 1.12. The number of para-hydroxylation sites is 4. The molecule has 12 rings (SSSR count). The Morgan fingerprint density at radius 2 is 0.700 bits per heavy atom. The monoisotopic (exact) mass is 762 g/mol. The second-order valence-electron chi connectivity index (χ2n) is 15.6. The van der Waals surface area contributed by atoms with Gasteiger partial charge < -0.3 is 9.47 Å². The third kappa shape index (κ3) is 5.35. The van der Waals surface area contributed by atoms with Crippen molar-refractivity contribution in [1.82, 2.24) is 4.57 Å². The molecule has 0 saturated heterocycles. The number of aromatic nitrogens is 1. The maximum absolute atomic E-state index is 2.50. The van der Waals surface area contributed by atoms with Gasteiger partial charge in [0.2, 0.25) is 0 Å². The molecule has 0 spiro atoms. The van der Waals surface area contributed by atoms with Gasteiger partial charge in [-0.05, 0) is 80.2 Å². The van der Waals surface area contributed by atoms with Gasteiger partial charge in [0.05, 0.1) is 33.8 Å². The number of fused-ring (bicyclic) bond motifs is 3. The molecule has 0 radical (unpaired) electrons. The van der Waals surface area contributed by atoms with Crippen molar-refractivity contribution in [3.05, 3.63) is 231 Å². The van der Waals surface area contributed by atoms with E-state index in [4.69, 9.17) is 0 Å². The molecule has 0 aliphatic rings. The highest BCUT2D eigenvalue weighted by molar-refractivity contribution is 6.27. The van der Waals surface area contributed by atoms with Crippen molar-refractivity contribution in [1.29, 1.82) is 0 Å². The summed E-state index contributed by atoms with van der Waals surface area (Å²) in [5, 5.41) is 10.0. The summed E-state index contributed by atoms with van der Waals surface area (Å²) in [5.41, 5.74) is 14.1. The number of anilines is 3. The number of benzene rings is 11. The molecule has 0 aliphatic heterocycles. The molecule has 1 heterocycles. The summed E-state index contributed by atoms with van der Waals surface area (Å²) in [7, 11) is 0. The molecule has 1 aromatic heterocycles. The molecule has 2 nitrogen and oxygen atoms in total. The van der Waals surface area contributed by atoms with E-state index >= 15 is 0 Å². The minimum absolute atomic E-state index is 1.12. The van der Waals surface area contributed by atoms with Crippen LogP contribution < -0.4 is 4.90 Å². The molecule has 11 aromatic carbocycles. The van der Waals surface area contributed by atoms with Gasteiger partial charge in [-0.15, -0.1) is 0 Å². The lowest BCUT2D eigenvalue weighted by Gasteiger charge is -2.31. The van der Waals surface area contributed by atoms with Gasteiger partial charge in [0, 0.05) is 32.7 Å². The normalized spacial score (nSPS) is 11.7. The minimum Gasteiger partial charge on any atom is -0.309 e. The molecule has 0 aliphatic carbocycles. The Kier molecular flexibility index (Phi) is 7.89. The van der Waals surface area contributed by atoms with Gasteiger partial charge >= 0.3 is 0 Å². The van der Waals surface area contributed by atoms with E-state index < -0.39 is 0 Å². The van der Waals surface area contributed by atoms with Gasteiger partial charge in [0.1, 0.15) is 0 Å². The highest BCUT2D eigenvalue weighted by Crippen LogP contribution is 2.49. The zero-order valence-corrected chi connectivity index (χ0v) is 32.8. The number of hydrogen-bond acceptors (Lipinski definition) is 1. The molecule has 0 N–H and O–H groups in total. The van der Waals surface area contributed by atoms with Crippen molar-refractivity contribution in [3.63, 3.8) is 0 Å². The van der Waals surface area contributed by atoms with E-state index in [2.05, 4.69) is 240 Å². The van der Waals surface area contributed by atoms with Crippen LogP contribution in [0.3, 0.4) is 0 Å². The smallest absolute Gasteiger partial charge is 0.0541 e. The third-order valence-corrected chi connectivity index (χ3v) is 12.4. The van der Waals surface area contributed by atoms with Gasteiger partial charge in [0.25, 0.3) is 0 Å². The lowest BCUT2D eigenvalue weighted by atomic mass is 9.91. The van der Waals surface area contributed by atoms with Crippen LogP contribution in [0.25, 0.3) is 93.2 Å². The van der Waals surface area contributed by atoms with Crippen LogP contribution >= 0.6 is 0 Å². The molecule has 0 fully saturated rings. The molecule has 0 atom stereocenters. The van der Waals surface area contributed by atoms with Crippen molar-refractivity contribution >= 4 is 71.2 Å². The van der Waals surface area contributed by atoms with Crippen molar-refractivity contribution in [3.8, 4) is 39.1 Å². The highest BCUT2D eigenvalue weighted by atomic mass is 15.1. The Bertz CT molecular complexity index is 3470. The van der Waals surface area contributed by atoms with E-state index in [1.54, 1.807) is 0 Å². The number of hydrogen-bond donors (Lipinski definition) is 0. The molecule has 0 bridgehead atoms. The molecule has 0 unspecified atom stereocenters. The van der Waals surface area contributed by atoms with E-state index in [-0.39, 0.29) is 0 Å². The van der Waals surface area contributed by atoms with E-state index in [1.807, 2.05) is 0 Å². The Morgan fingerprint density at radius 1 is 0.267 bits per heavy atom. The predicted molar refractivity (Wildman–Crippen MR) is 255 cm³/mol. The Hall–Kier alpha value is -7.94. The van der Waals surface area contributed by atoms with Gasteiger partial charge in [0.15, 0.2) is 0 Å². The van der Waals surface area contributed by atoms with Crippen LogP contribution in [0.5, 0.6) is 0 Å². The fourth-order valence-corrected chi connectivity index (χ4v) is 9.65. The van der Waals surface area contributed by atoms with E-state index in [1.165, 1.54) is 93.2 Å². The first kappa shape index (κ1) is 34.1. The van der Waals surface area contributed by atoms with Crippen molar-refractivity contribution in [2.45, 2.75) is 0 Å². The first-order chi connectivity index (χ1) is 29.8.